The molecular weight excluding hydrogens is 426 g/mol. The highest BCUT2D eigenvalue weighted by molar-refractivity contribution is 9.10. The molecule has 0 saturated heterocycles. The number of carbonyl (C=O) groups is 1. The zero-order valence-corrected chi connectivity index (χ0v) is 16.1. The number of rotatable bonds is 7. The average Bonchev–Trinajstić information content (AvgIpc) is 3.43. The number of hydrogen-bond donors (Lipinski definition) is 3. The first-order valence-corrected chi connectivity index (χ1v) is 9.92. The molecule has 1 aliphatic carbocycles. The molecule has 1 aliphatic rings. The maximum Gasteiger partial charge on any atom is 0.270 e. The third-order valence-corrected chi connectivity index (χ3v) is 5.73. The molecule has 1 amide bonds. The summed E-state index contributed by atoms with van der Waals surface area (Å²) in [5, 5.41) is 0. The van der Waals surface area contributed by atoms with Crippen LogP contribution in [0.25, 0.3) is 0 Å². The molecular formula is C15H16BrN5O4S. The van der Waals surface area contributed by atoms with Crippen molar-refractivity contribution in [1.82, 2.24) is 20.1 Å². The number of amides is 1. The number of nitrogens with zero attached hydrogens (tertiary/aromatic N) is 2. The number of carbonyl (C=O) groups excluding carboxylic acids is 1. The normalized spacial score (nSPS) is 13.9. The first-order valence-electron chi connectivity index (χ1n) is 7.64. The van der Waals surface area contributed by atoms with Crippen molar-refractivity contribution in [3.8, 4) is 5.88 Å². The second-order valence-electron chi connectivity index (χ2n) is 5.54. The van der Waals surface area contributed by atoms with Crippen molar-refractivity contribution in [3.05, 3.63) is 40.5 Å². The van der Waals surface area contributed by atoms with Gasteiger partial charge in [-0.25, -0.2) is 18.1 Å². The number of ether oxygens (including phenoxy) is 1. The van der Waals surface area contributed by atoms with E-state index in [0.29, 0.717) is 10.4 Å². The largest absolute Gasteiger partial charge is 0.481 e. The zero-order chi connectivity index (χ0) is 18.7. The summed E-state index contributed by atoms with van der Waals surface area (Å²) in [4.78, 5) is 20.4. The van der Waals surface area contributed by atoms with Crippen LogP contribution in [0.2, 0.25) is 0 Å². The predicted molar refractivity (Wildman–Crippen MR) is 97.2 cm³/mol. The van der Waals surface area contributed by atoms with Crippen molar-refractivity contribution in [2.24, 2.45) is 0 Å². The predicted octanol–water partition coefficient (Wildman–Crippen LogP) is 1.45. The fourth-order valence-electron chi connectivity index (χ4n) is 2.03. The number of methoxy groups -OCH3 is 1. The summed E-state index contributed by atoms with van der Waals surface area (Å²) in [6, 6.07) is 5.79. The van der Waals surface area contributed by atoms with Gasteiger partial charge < -0.3 is 4.74 Å². The molecule has 138 valence electrons. The highest BCUT2D eigenvalue weighted by Crippen LogP contribution is 2.25. The van der Waals surface area contributed by atoms with Crippen molar-refractivity contribution in [1.29, 1.82) is 0 Å². The molecule has 1 heterocycles. The van der Waals surface area contributed by atoms with E-state index in [9.17, 15) is 13.2 Å². The van der Waals surface area contributed by atoms with Crippen LogP contribution in [0.1, 0.15) is 23.2 Å². The Morgan fingerprint density at radius 1 is 1.31 bits per heavy atom. The molecule has 0 atom stereocenters. The molecule has 1 saturated carbocycles. The minimum Gasteiger partial charge on any atom is -0.481 e. The van der Waals surface area contributed by atoms with Crippen molar-refractivity contribution >= 4 is 37.8 Å². The second kappa shape index (κ2) is 7.56. The van der Waals surface area contributed by atoms with Crippen molar-refractivity contribution < 1.29 is 17.9 Å². The highest BCUT2D eigenvalue weighted by atomic mass is 79.9. The number of nitrogens with one attached hydrogen (secondary N) is 3. The maximum atomic E-state index is 12.4. The van der Waals surface area contributed by atoms with Crippen LogP contribution in [-0.4, -0.2) is 37.4 Å². The van der Waals surface area contributed by atoms with Crippen molar-refractivity contribution in [2.45, 2.75) is 23.8 Å². The lowest BCUT2D eigenvalue weighted by molar-refractivity contribution is 0.0961. The standard InChI is InChI=1S/C15H16BrN5O4S/c1-25-13-6-7-17-15(18-13)20-19-14(22)11-8-10(4-5-12(11)16)26(23,24)21-9-2-3-9/h4-9,21H,2-3H2,1H3,(H,19,22)(H,17,18,20). The molecule has 3 N–H and O–H groups in total. The summed E-state index contributed by atoms with van der Waals surface area (Å²) < 4.78 is 32.6. The van der Waals surface area contributed by atoms with Gasteiger partial charge in [0, 0.05) is 22.8 Å². The minimum atomic E-state index is -3.66. The summed E-state index contributed by atoms with van der Waals surface area (Å²) in [5.74, 6) is -0.0862. The third-order valence-electron chi connectivity index (χ3n) is 3.52. The fourth-order valence-corrected chi connectivity index (χ4v) is 3.79. The van der Waals surface area contributed by atoms with Gasteiger partial charge in [-0.1, -0.05) is 0 Å². The summed E-state index contributed by atoms with van der Waals surface area (Å²) in [5.41, 5.74) is 5.13. The Bertz CT molecular complexity index is 933. The lowest BCUT2D eigenvalue weighted by atomic mass is 10.2. The van der Waals surface area contributed by atoms with E-state index in [-0.39, 0.29) is 22.4 Å². The van der Waals surface area contributed by atoms with E-state index in [2.05, 4.69) is 41.5 Å². The minimum absolute atomic E-state index is 0.0206. The van der Waals surface area contributed by atoms with Gasteiger partial charge in [0.2, 0.25) is 21.9 Å². The van der Waals surface area contributed by atoms with Gasteiger partial charge >= 0.3 is 0 Å². The third kappa shape index (κ3) is 4.48. The van der Waals surface area contributed by atoms with Gasteiger partial charge in [0.15, 0.2) is 0 Å². The van der Waals surface area contributed by atoms with Crippen LogP contribution >= 0.6 is 15.9 Å². The van der Waals surface area contributed by atoms with E-state index < -0.39 is 15.9 Å². The van der Waals surface area contributed by atoms with Gasteiger partial charge in [0.1, 0.15) is 0 Å². The lowest BCUT2D eigenvalue weighted by Crippen LogP contribution is -2.31. The second-order valence-corrected chi connectivity index (χ2v) is 8.11. The Morgan fingerprint density at radius 3 is 2.77 bits per heavy atom. The van der Waals surface area contributed by atoms with Crippen LogP contribution in [-0.2, 0) is 10.0 Å². The molecule has 0 aliphatic heterocycles. The van der Waals surface area contributed by atoms with Gasteiger partial charge in [0.05, 0.1) is 17.6 Å². The summed E-state index contributed by atoms with van der Waals surface area (Å²) in [6.45, 7) is 0. The first-order chi connectivity index (χ1) is 12.4. The summed E-state index contributed by atoms with van der Waals surface area (Å²) in [6.07, 6.45) is 3.12. The molecule has 0 unspecified atom stereocenters. The molecule has 3 rings (SSSR count). The van der Waals surface area contributed by atoms with Crippen molar-refractivity contribution in [2.75, 3.05) is 12.5 Å². The first kappa shape index (κ1) is 18.5. The topological polar surface area (TPSA) is 122 Å². The number of anilines is 1. The van der Waals surface area contributed by atoms with Crippen LogP contribution in [0.15, 0.2) is 39.8 Å². The molecule has 0 bridgehead atoms. The van der Waals surface area contributed by atoms with Gasteiger partial charge in [-0.3, -0.25) is 15.6 Å². The van der Waals surface area contributed by atoms with E-state index in [0.717, 1.165) is 12.8 Å². The Labute approximate surface area is 158 Å². The van der Waals surface area contributed by atoms with Gasteiger partial charge in [-0.15, -0.1) is 0 Å². The van der Waals surface area contributed by atoms with Crippen molar-refractivity contribution in [3.63, 3.8) is 0 Å². The van der Waals surface area contributed by atoms with Crippen LogP contribution in [0.3, 0.4) is 0 Å². The Hall–Kier alpha value is -2.24. The molecule has 2 aromatic rings. The van der Waals surface area contributed by atoms with E-state index in [1.165, 1.54) is 31.5 Å². The Balaban J connectivity index is 1.74. The summed E-state index contributed by atoms with van der Waals surface area (Å²) >= 11 is 3.25. The highest BCUT2D eigenvalue weighted by Gasteiger charge is 2.28. The number of hydrazine groups is 1. The molecule has 1 fully saturated rings. The molecule has 1 aromatic carbocycles. The van der Waals surface area contributed by atoms with Crippen LogP contribution in [0.5, 0.6) is 5.88 Å². The zero-order valence-electron chi connectivity index (χ0n) is 13.7. The average molecular weight is 442 g/mol. The molecule has 26 heavy (non-hydrogen) atoms. The Morgan fingerprint density at radius 2 is 2.08 bits per heavy atom. The van der Waals surface area contributed by atoms with Gasteiger partial charge in [-0.05, 0) is 47.0 Å². The number of halogens is 1. The van der Waals surface area contributed by atoms with Crippen LogP contribution < -0.4 is 20.3 Å². The quantitative estimate of drug-likeness (QED) is 0.555. The summed E-state index contributed by atoms with van der Waals surface area (Å²) in [7, 11) is -2.20. The molecule has 1 aromatic heterocycles. The Kier molecular flexibility index (Phi) is 5.39. The number of aromatic nitrogens is 2. The van der Waals surface area contributed by atoms with Crippen LogP contribution in [0.4, 0.5) is 5.95 Å². The molecule has 0 spiro atoms. The van der Waals surface area contributed by atoms with Gasteiger partial charge in [0.25, 0.3) is 5.91 Å². The fraction of sp³-hybridized carbons (Fsp3) is 0.267. The molecule has 9 nitrogen and oxygen atoms in total. The van der Waals surface area contributed by atoms with E-state index in [4.69, 9.17) is 4.74 Å². The monoisotopic (exact) mass is 441 g/mol. The number of hydrogen-bond acceptors (Lipinski definition) is 7. The van der Waals surface area contributed by atoms with E-state index in [1.54, 1.807) is 6.07 Å². The lowest BCUT2D eigenvalue weighted by Gasteiger charge is -2.11. The van der Waals surface area contributed by atoms with Gasteiger partial charge in [-0.2, -0.15) is 4.98 Å². The smallest absolute Gasteiger partial charge is 0.270 e. The molecule has 11 heteroatoms. The molecule has 0 radical (unpaired) electrons. The van der Waals surface area contributed by atoms with E-state index >= 15 is 0 Å². The van der Waals surface area contributed by atoms with E-state index in [1.807, 2.05) is 0 Å². The SMILES string of the molecule is COc1ccnc(NNC(=O)c2cc(S(=O)(=O)NC3CC3)ccc2Br)n1. The maximum absolute atomic E-state index is 12.4. The number of benzene rings is 1. The number of sulfonamides is 1. The van der Waals surface area contributed by atoms with Crippen LogP contribution in [0, 0.1) is 0 Å².